The SMILES string of the molecule is N#Cc1c(CS(=O)c2cccs2)ncnc1N1CCCC1. The van der Waals surface area contributed by atoms with E-state index in [2.05, 4.69) is 20.9 Å². The highest BCUT2D eigenvalue weighted by molar-refractivity contribution is 7.86. The van der Waals surface area contributed by atoms with Gasteiger partial charge in [0.05, 0.1) is 26.5 Å². The highest BCUT2D eigenvalue weighted by Gasteiger charge is 2.21. The maximum absolute atomic E-state index is 12.3. The van der Waals surface area contributed by atoms with Crippen LogP contribution in [0.1, 0.15) is 24.1 Å². The molecule has 2 aromatic rings. The number of hydrogen-bond acceptors (Lipinski definition) is 6. The molecule has 0 bridgehead atoms. The van der Waals surface area contributed by atoms with Crippen molar-refractivity contribution in [1.29, 1.82) is 5.26 Å². The smallest absolute Gasteiger partial charge is 0.150 e. The molecule has 1 aliphatic heterocycles. The van der Waals surface area contributed by atoms with E-state index in [0.29, 0.717) is 17.1 Å². The van der Waals surface area contributed by atoms with Gasteiger partial charge in [-0.25, -0.2) is 9.97 Å². The van der Waals surface area contributed by atoms with Crippen LogP contribution in [-0.2, 0) is 16.6 Å². The van der Waals surface area contributed by atoms with Gasteiger partial charge in [0.2, 0.25) is 0 Å². The first kappa shape index (κ1) is 14.2. The summed E-state index contributed by atoms with van der Waals surface area (Å²) in [5.74, 6) is 0.940. The van der Waals surface area contributed by atoms with Gasteiger partial charge in [-0.15, -0.1) is 11.3 Å². The molecule has 0 saturated carbocycles. The predicted molar refractivity (Wildman–Crippen MR) is 82.6 cm³/mol. The summed E-state index contributed by atoms with van der Waals surface area (Å²) in [6.07, 6.45) is 3.70. The topological polar surface area (TPSA) is 69.9 Å². The number of rotatable bonds is 4. The second-order valence-electron chi connectivity index (χ2n) is 4.75. The molecule has 1 aliphatic rings. The highest BCUT2D eigenvalue weighted by atomic mass is 32.2. The maximum Gasteiger partial charge on any atom is 0.150 e. The van der Waals surface area contributed by atoms with Crippen LogP contribution in [0.4, 0.5) is 5.82 Å². The average Bonchev–Trinajstić information content (AvgIpc) is 3.20. The van der Waals surface area contributed by atoms with Gasteiger partial charge in [0.1, 0.15) is 23.8 Å². The van der Waals surface area contributed by atoms with Crippen molar-refractivity contribution in [2.24, 2.45) is 0 Å². The fraction of sp³-hybridized carbons (Fsp3) is 0.357. The summed E-state index contributed by atoms with van der Waals surface area (Å²) in [6.45, 7) is 1.83. The molecule has 1 saturated heterocycles. The third-order valence-electron chi connectivity index (χ3n) is 3.41. The summed E-state index contributed by atoms with van der Waals surface area (Å²) in [4.78, 5) is 10.5. The Labute approximate surface area is 129 Å². The van der Waals surface area contributed by atoms with E-state index in [1.165, 1.54) is 17.7 Å². The van der Waals surface area contributed by atoms with Crippen molar-refractivity contribution in [3.05, 3.63) is 35.1 Å². The molecule has 2 aromatic heterocycles. The van der Waals surface area contributed by atoms with Gasteiger partial charge >= 0.3 is 0 Å². The maximum atomic E-state index is 12.3. The molecule has 7 heteroatoms. The molecule has 0 aromatic carbocycles. The Kier molecular flexibility index (Phi) is 4.27. The molecule has 0 radical (unpaired) electrons. The van der Waals surface area contributed by atoms with Gasteiger partial charge in [-0.2, -0.15) is 5.26 Å². The van der Waals surface area contributed by atoms with Gasteiger partial charge in [-0.3, -0.25) is 4.21 Å². The van der Waals surface area contributed by atoms with Crippen LogP contribution in [0.5, 0.6) is 0 Å². The minimum Gasteiger partial charge on any atom is -0.355 e. The Balaban J connectivity index is 1.90. The highest BCUT2D eigenvalue weighted by Crippen LogP contribution is 2.25. The summed E-state index contributed by atoms with van der Waals surface area (Å²) in [5.41, 5.74) is 1.03. The van der Waals surface area contributed by atoms with E-state index in [1.54, 1.807) is 0 Å². The van der Waals surface area contributed by atoms with E-state index >= 15 is 0 Å². The molecule has 0 amide bonds. The predicted octanol–water partition coefficient (Wildman–Crippen LogP) is 2.32. The van der Waals surface area contributed by atoms with E-state index in [4.69, 9.17) is 0 Å². The lowest BCUT2D eigenvalue weighted by Gasteiger charge is -2.18. The summed E-state index contributed by atoms with van der Waals surface area (Å²) >= 11 is 1.46. The van der Waals surface area contributed by atoms with E-state index < -0.39 is 10.8 Å². The molecule has 3 rings (SSSR count). The summed E-state index contributed by atoms with van der Waals surface area (Å²) in [7, 11) is -1.17. The number of anilines is 1. The Morgan fingerprint density at radius 2 is 2.19 bits per heavy atom. The van der Waals surface area contributed by atoms with E-state index in [9.17, 15) is 9.47 Å². The number of aromatic nitrogens is 2. The Hall–Kier alpha value is -1.78. The quantitative estimate of drug-likeness (QED) is 0.865. The molecule has 3 heterocycles. The number of hydrogen-bond donors (Lipinski definition) is 0. The normalized spacial score (nSPS) is 15.9. The minimum atomic E-state index is -1.17. The van der Waals surface area contributed by atoms with Gasteiger partial charge < -0.3 is 4.90 Å². The van der Waals surface area contributed by atoms with Crippen molar-refractivity contribution in [1.82, 2.24) is 9.97 Å². The van der Waals surface area contributed by atoms with Crippen LogP contribution in [0.25, 0.3) is 0 Å². The van der Waals surface area contributed by atoms with Crippen LogP contribution in [0, 0.1) is 11.3 Å². The summed E-state index contributed by atoms with van der Waals surface area (Å²) in [5, 5.41) is 11.3. The molecule has 1 unspecified atom stereocenters. The molecule has 0 N–H and O–H groups in total. The van der Waals surface area contributed by atoms with Crippen molar-refractivity contribution < 1.29 is 4.21 Å². The molecule has 0 aliphatic carbocycles. The third kappa shape index (κ3) is 2.96. The average molecular weight is 318 g/mol. The van der Waals surface area contributed by atoms with E-state index in [-0.39, 0.29) is 5.75 Å². The first-order valence-corrected chi connectivity index (χ1v) is 8.90. The Morgan fingerprint density at radius 1 is 1.38 bits per heavy atom. The summed E-state index contributed by atoms with van der Waals surface area (Å²) < 4.78 is 13.1. The fourth-order valence-corrected chi connectivity index (χ4v) is 4.45. The number of nitrogens with zero attached hydrogens (tertiary/aromatic N) is 4. The molecular weight excluding hydrogens is 304 g/mol. The first-order valence-electron chi connectivity index (χ1n) is 6.70. The largest absolute Gasteiger partial charge is 0.355 e. The molecular formula is C14H14N4OS2. The standard InChI is InChI=1S/C14H14N4OS2/c15-8-11-12(9-21(19)13-4-3-7-20-13)16-10-17-14(11)18-5-1-2-6-18/h3-4,7,10H,1-2,5-6,9H2. The van der Waals surface area contributed by atoms with Crippen LogP contribution < -0.4 is 4.90 Å². The van der Waals surface area contributed by atoms with E-state index in [0.717, 1.165) is 30.1 Å². The van der Waals surface area contributed by atoms with Crippen molar-refractivity contribution in [2.75, 3.05) is 18.0 Å². The molecule has 108 valence electrons. The zero-order chi connectivity index (χ0) is 14.7. The molecule has 5 nitrogen and oxygen atoms in total. The number of thiophene rings is 1. The Bertz CT molecular complexity index is 687. The van der Waals surface area contributed by atoms with Crippen molar-refractivity contribution in [2.45, 2.75) is 22.8 Å². The zero-order valence-electron chi connectivity index (χ0n) is 11.4. The van der Waals surface area contributed by atoms with Crippen molar-refractivity contribution in [3.8, 4) is 6.07 Å². The minimum absolute atomic E-state index is 0.257. The van der Waals surface area contributed by atoms with Crippen LogP contribution >= 0.6 is 11.3 Å². The first-order chi connectivity index (χ1) is 10.3. The van der Waals surface area contributed by atoms with Crippen molar-refractivity contribution >= 4 is 28.0 Å². The number of nitriles is 1. The lowest BCUT2D eigenvalue weighted by atomic mass is 10.2. The van der Waals surface area contributed by atoms with E-state index in [1.807, 2.05) is 17.5 Å². The molecule has 21 heavy (non-hydrogen) atoms. The van der Waals surface area contributed by atoms with Crippen LogP contribution in [-0.4, -0.2) is 27.3 Å². The second kappa shape index (κ2) is 6.33. The zero-order valence-corrected chi connectivity index (χ0v) is 13.0. The molecule has 1 atom stereocenters. The lowest BCUT2D eigenvalue weighted by Crippen LogP contribution is -2.21. The van der Waals surface area contributed by atoms with Crippen LogP contribution in [0.2, 0.25) is 0 Å². The molecule has 1 fully saturated rings. The van der Waals surface area contributed by atoms with Crippen LogP contribution in [0.15, 0.2) is 28.0 Å². The van der Waals surface area contributed by atoms with Gasteiger partial charge in [-0.1, -0.05) is 6.07 Å². The van der Waals surface area contributed by atoms with Gasteiger partial charge in [0.25, 0.3) is 0 Å². The lowest BCUT2D eigenvalue weighted by molar-refractivity contribution is 0.683. The van der Waals surface area contributed by atoms with Gasteiger partial charge in [0, 0.05) is 13.1 Å². The molecule has 0 spiro atoms. The summed E-state index contributed by atoms with van der Waals surface area (Å²) in [6, 6.07) is 5.91. The third-order valence-corrected chi connectivity index (χ3v) is 6.04. The van der Waals surface area contributed by atoms with Crippen LogP contribution in [0.3, 0.4) is 0 Å². The van der Waals surface area contributed by atoms with Gasteiger partial charge in [-0.05, 0) is 24.3 Å². The fourth-order valence-electron chi connectivity index (χ4n) is 2.39. The monoisotopic (exact) mass is 318 g/mol. The second-order valence-corrected chi connectivity index (χ2v) is 7.37. The van der Waals surface area contributed by atoms with Gasteiger partial charge in [0.15, 0.2) is 0 Å². The van der Waals surface area contributed by atoms with Crippen molar-refractivity contribution in [3.63, 3.8) is 0 Å². The Morgan fingerprint density at radius 3 is 2.86 bits per heavy atom.